The van der Waals surface area contributed by atoms with Gasteiger partial charge >= 0.3 is 0 Å². The van der Waals surface area contributed by atoms with Crippen molar-refractivity contribution in [3.8, 4) is 0 Å². The van der Waals surface area contributed by atoms with Gasteiger partial charge in [-0.15, -0.1) is 0 Å². The summed E-state index contributed by atoms with van der Waals surface area (Å²) in [5.41, 5.74) is 0. The lowest BCUT2D eigenvalue weighted by molar-refractivity contribution is -0.131. The molecular weight excluding hydrogens is 558 g/mol. The van der Waals surface area contributed by atoms with Gasteiger partial charge in [0.25, 0.3) is 0 Å². The molecule has 0 aliphatic heterocycles. The highest BCUT2D eigenvalue weighted by Crippen LogP contribution is 2.13. The van der Waals surface area contributed by atoms with E-state index < -0.39 is 24.2 Å². The van der Waals surface area contributed by atoms with E-state index in [4.69, 9.17) is 0 Å². The summed E-state index contributed by atoms with van der Waals surface area (Å²) in [6.07, 6.45) is 44.3. The predicted molar refractivity (Wildman–Crippen MR) is 194 cm³/mol. The first-order valence-corrected chi connectivity index (χ1v) is 19.0. The van der Waals surface area contributed by atoms with Crippen LogP contribution in [0.25, 0.3) is 0 Å². The molecule has 0 aromatic carbocycles. The number of carbonyl (C=O) groups excluding carboxylic acids is 1. The van der Waals surface area contributed by atoms with Crippen LogP contribution in [0.2, 0.25) is 0 Å². The smallest absolute Gasteiger partial charge is 0.249 e. The average molecular weight is 632 g/mol. The molecule has 0 rings (SSSR count). The lowest BCUT2D eigenvalue weighted by Crippen LogP contribution is -2.48. The minimum atomic E-state index is -1.11. The molecule has 0 aliphatic rings. The van der Waals surface area contributed by atoms with E-state index in [-0.39, 0.29) is 6.61 Å². The van der Waals surface area contributed by atoms with Gasteiger partial charge in [-0.05, 0) is 64.2 Å². The van der Waals surface area contributed by atoms with Gasteiger partial charge < -0.3 is 20.6 Å². The maximum Gasteiger partial charge on any atom is 0.249 e. The van der Waals surface area contributed by atoms with Crippen LogP contribution in [0.1, 0.15) is 174 Å². The summed E-state index contributed by atoms with van der Waals surface area (Å²) in [4.78, 5) is 12.4. The fourth-order valence-electron chi connectivity index (χ4n) is 5.39. The monoisotopic (exact) mass is 632 g/mol. The van der Waals surface area contributed by atoms with Crippen LogP contribution in [-0.4, -0.2) is 46.1 Å². The van der Waals surface area contributed by atoms with Crippen molar-refractivity contribution in [1.29, 1.82) is 0 Å². The molecule has 3 atom stereocenters. The lowest BCUT2D eigenvalue weighted by Gasteiger charge is -2.21. The van der Waals surface area contributed by atoms with Crippen molar-refractivity contribution in [3.05, 3.63) is 48.6 Å². The highest BCUT2D eigenvalue weighted by atomic mass is 16.3. The number of nitrogens with one attached hydrogen (secondary N) is 1. The standard InChI is InChI=1S/C40H73NO4/c1-3-5-7-9-11-13-15-16-17-18-19-20-21-22-23-24-25-27-29-31-33-35-39(44)40(45)41-37(36-42)38(43)34-32-30-28-26-14-12-10-8-6-4-2/h6,8,14,21-22,26,32,34,37-39,42-44H,3-5,7,9-13,15-20,23-25,27-31,33,35-36H2,1-2H3,(H,41,45)/b8-6+,22-21-,26-14+,34-32+. The maximum atomic E-state index is 12.4. The van der Waals surface area contributed by atoms with Gasteiger partial charge in [-0.1, -0.05) is 159 Å². The number of unbranched alkanes of at least 4 members (excludes halogenated alkanes) is 19. The Labute approximate surface area is 278 Å². The SMILES string of the molecule is CC/C=C/CC/C=C/CC/C=C/C(O)C(CO)NC(=O)C(O)CCCCCCCC/C=C\CCCCCCCCCCCCC. The largest absolute Gasteiger partial charge is 0.394 e. The van der Waals surface area contributed by atoms with Gasteiger partial charge in [0.05, 0.1) is 18.8 Å². The first-order valence-electron chi connectivity index (χ1n) is 19.0. The van der Waals surface area contributed by atoms with E-state index >= 15 is 0 Å². The zero-order valence-corrected chi connectivity index (χ0v) is 29.5. The molecule has 0 saturated heterocycles. The van der Waals surface area contributed by atoms with Crippen molar-refractivity contribution in [2.45, 2.75) is 193 Å². The highest BCUT2D eigenvalue weighted by Gasteiger charge is 2.22. The minimum Gasteiger partial charge on any atom is -0.394 e. The van der Waals surface area contributed by atoms with Crippen molar-refractivity contribution in [2.75, 3.05) is 6.61 Å². The number of aliphatic hydroxyl groups is 3. The molecule has 45 heavy (non-hydrogen) atoms. The molecule has 5 nitrogen and oxygen atoms in total. The number of carbonyl (C=O) groups is 1. The van der Waals surface area contributed by atoms with Crippen molar-refractivity contribution in [2.24, 2.45) is 0 Å². The van der Waals surface area contributed by atoms with Gasteiger partial charge in [0.15, 0.2) is 0 Å². The van der Waals surface area contributed by atoms with Crippen LogP contribution in [0.4, 0.5) is 0 Å². The predicted octanol–water partition coefficient (Wildman–Crippen LogP) is 10.2. The molecule has 0 aromatic rings. The van der Waals surface area contributed by atoms with Crippen LogP contribution >= 0.6 is 0 Å². The van der Waals surface area contributed by atoms with Gasteiger partial charge in [0, 0.05) is 0 Å². The first kappa shape index (κ1) is 43.3. The Bertz CT molecular complexity index is 745. The zero-order chi connectivity index (χ0) is 33.1. The fourth-order valence-corrected chi connectivity index (χ4v) is 5.39. The van der Waals surface area contributed by atoms with Crippen molar-refractivity contribution in [1.82, 2.24) is 5.32 Å². The van der Waals surface area contributed by atoms with Gasteiger partial charge in [0.2, 0.25) is 5.91 Å². The third-order valence-corrected chi connectivity index (χ3v) is 8.38. The Morgan fingerprint density at radius 3 is 1.47 bits per heavy atom. The molecule has 262 valence electrons. The summed E-state index contributed by atoms with van der Waals surface area (Å²) in [6, 6.07) is -0.821. The maximum absolute atomic E-state index is 12.4. The Balaban J connectivity index is 3.72. The van der Waals surface area contributed by atoms with Gasteiger partial charge in [-0.3, -0.25) is 4.79 Å². The Hall–Kier alpha value is -1.69. The third-order valence-electron chi connectivity index (χ3n) is 8.38. The molecular formula is C40H73NO4. The Morgan fingerprint density at radius 2 is 0.978 bits per heavy atom. The van der Waals surface area contributed by atoms with Crippen LogP contribution in [0, 0.1) is 0 Å². The molecule has 0 spiro atoms. The van der Waals surface area contributed by atoms with Crippen molar-refractivity contribution in [3.63, 3.8) is 0 Å². The molecule has 0 saturated carbocycles. The molecule has 5 heteroatoms. The van der Waals surface area contributed by atoms with Gasteiger partial charge in [-0.2, -0.15) is 0 Å². The first-order chi connectivity index (χ1) is 22.1. The number of hydrogen-bond acceptors (Lipinski definition) is 4. The van der Waals surface area contributed by atoms with Crippen LogP contribution in [-0.2, 0) is 4.79 Å². The molecule has 0 heterocycles. The zero-order valence-electron chi connectivity index (χ0n) is 29.5. The van der Waals surface area contributed by atoms with E-state index in [9.17, 15) is 20.1 Å². The van der Waals surface area contributed by atoms with Gasteiger partial charge in [-0.25, -0.2) is 0 Å². The second-order valence-electron chi connectivity index (χ2n) is 12.7. The van der Waals surface area contributed by atoms with Gasteiger partial charge in [0.1, 0.15) is 6.10 Å². The van der Waals surface area contributed by atoms with E-state index in [0.29, 0.717) is 6.42 Å². The second-order valence-corrected chi connectivity index (χ2v) is 12.7. The van der Waals surface area contributed by atoms with Crippen LogP contribution in [0.15, 0.2) is 48.6 Å². The summed E-state index contributed by atoms with van der Waals surface area (Å²) in [7, 11) is 0. The van der Waals surface area contributed by atoms with Crippen LogP contribution in [0.5, 0.6) is 0 Å². The van der Waals surface area contributed by atoms with Crippen molar-refractivity contribution < 1.29 is 20.1 Å². The quantitative estimate of drug-likeness (QED) is 0.0429. The minimum absolute atomic E-state index is 0.385. The highest BCUT2D eigenvalue weighted by molar-refractivity contribution is 5.80. The molecule has 4 N–H and O–H groups in total. The third kappa shape index (κ3) is 30.7. The van der Waals surface area contributed by atoms with Crippen molar-refractivity contribution >= 4 is 5.91 Å². The number of amides is 1. The number of allylic oxidation sites excluding steroid dienone is 7. The summed E-state index contributed by atoms with van der Waals surface area (Å²) < 4.78 is 0. The summed E-state index contributed by atoms with van der Waals surface area (Å²) in [5.74, 6) is -0.526. The Morgan fingerprint density at radius 1 is 0.556 bits per heavy atom. The van der Waals surface area contributed by atoms with E-state index in [1.165, 1.54) is 96.3 Å². The van der Waals surface area contributed by atoms with Crippen LogP contribution in [0.3, 0.4) is 0 Å². The van der Waals surface area contributed by atoms with E-state index in [2.05, 4.69) is 55.6 Å². The summed E-state index contributed by atoms with van der Waals surface area (Å²) >= 11 is 0. The van der Waals surface area contributed by atoms with Crippen LogP contribution < -0.4 is 5.32 Å². The topological polar surface area (TPSA) is 89.8 Å². The second kappa shape index (κ2) is 35.2. The number of aliphatic hydroxyl groups excluding tert-OH is 3. The molecule has 0 bridgehead atoms. The summed E-state index contributed by atoms with van der Waals surface area (Å²) in [5, 5.41) is 32.8. The molecule has 0 fully saturated rings. The molecule has 0 aromatic heterocycles. The normalized spacial score (nSPS) is 14.3. The average Bonchev–Trinajstić information content (AvgIpc) is 3.04. The van der Waals surface area contributed by atoms with E-state index in [0.717, 1.165) is 57.8 Å². The van der Waals surface area contributed by atoms with E-state index in [1.54, 1.807) is 6.08 Å². The molecule has 1 amide bonds. The Kier molecular flexibility index (Phi) is 33.8. The van der Waals surface area contributed by atoms with E-state index in [1.807, 2.05) is 6.08 Å². The number of hydrogen-bond donors (Lipinski definition) is 4. The molecule has 3 unspecified atom stereocenters. The lowest BCUT2D eigenvalue weighted by atomic mass is 10.0. The number of rotatable bonds is 33. The fraction of sp³-hybridized carbons (Fsp3) is 0.775. The summed E-state index contributed by atoms with van der Waals surface area (Å²) in [6.45, 7) is 4.02. The molecule has 0 radical (unpaired) electrons. The molecule has 0 aliphatic carbocycles.